The molecule has 0 fully saturated rings. The highest BCUT2D eigenvalue weighted by molar-refractivity contribution is 5.94. The normalized spacial score (nSPS) is 21.5. The van der Waals surface area contributed by atoms with Crippen molar-refractivity contribution in [1.29, 1.82) is 5.26 Å². The molecule has 2 N–H and O–H groups in total. The Balaban J connectivity index is 2.84. The molecule has 0 saturated heterocycles. The molecule has 0 spiro atoms. The van der Waals surface area contributed by atoms with E-state index in [2.05, 4.69) is 6.07 Å². The fraction of sp³-hybridized carbons (Fsp3) is 0.250. The van der Waals surface area contributed by atoms with Gasteiger partial charge in [-0.15, -0.1) is 0 Å². The van der Waals surface area contributed by atoms with Gasteiger partial charge < -0.3 is 10.6 Å². The molecular weight excluding hydrogens is 154 g/mol. The first kappa shape index (κ1) is 8.34. The molecule has 62 valence electrons. The molecule has 1 amide bonds. The third-order valence-corrected chi connectivity index (χ3v) is 1.66. The van der Waals surface area contributed by atoms with Gasteiger partial charge in [0.2, 0.25) is 5.91 Å². The number of nitrogens with zero attached hydrogens (tertiary/aromatic N) is 2. The molecule has 1 rings (SSSR count). The van der Waals surface area contributed by atoms with Crippen molar-refractivity contribution in [3.8, 4) is 6.07 Å². The molecule has 12 heavy (non-hydrogen) atoms. The number of carbonyl (C=O) groups excluding carboxylic acids is 1. The summed E-state index contributed by atoms with van der Waals surface area (Å²) in [4.78, 5) is 12.3. The maximum Gasteiger partial charge on any atom is 0.250 e. The van der Waals surface area contributed by atoms with Crippen LogP contribution in [0.15, 0.2) is 23.9 Å². The first-order valence-electron chi connectivity index (χ1n) is 3.46. The van der Waals surface area contributed by atoms with Crippen molar-refractivity contribution in [2.45, 2.75) is 6.04 Å². The average molecular weight is 163 g/mol. The maximum atomic E-state index is 10.7. The highest BCUT2D eigenvalue weighted by atomic mass is 16.1. The highest BCUT2D eigenvalue weighted by Crippen LogP contribution is 2.10. The van der Waals surface area contributed by atoms with Crippen LogP contribution >= 0.6 is 0 Å². The molecule has 0 aromatic carbocycles. The van der Waals surface area contributed by atoms with Gasteiger partial charge in [-0.1, -0.05) is 0 Å². The summed E-state index contributed by atoms with van der Waals surface area (Å²) in [5.41, 5.74) is 5.47. The van der Waals surface area contributed by atoms with Gasteiger partial charge in [0, 0.05) is 13.2 Å². The number of primary amides is 1. The second kappa shape index (κ2) is 3.09. The molecule has 0 unspecified atom stereocenters. The van der Waals surface area contributed by atoms with Crippen LogP contribution in [0.4, 0.5) is 0 Å². The highest BCUT2D eigenvalue weighted by Gasteiger charge is 2.14. The zero-order chi connectivity index (χ0) is 9.14. The number of nitrogens with two attached hydrogens (primary N) is 1. The fourth-order valence-electron chi connectivity index (χ4n) is 0.953. The van der Waals surface area contributed by atoms with Crippen LogP contribution in [0.1, 0.15) is 0 Å². The van der Waals surface area contributed by atoms with Crippen LogP contribution in [0.2, 0.25) is 0 Å². The van der Waals surface area contributed by atoms with Gasteiger partial charge in [-0.05, 0) is 12.2 Å². The summed E-state index contributed by atoms with van der Waals surface area (Å²) < 4.78 is 0. The Morgan fingerprint density at radius 1 is 1.83 bits per heavy atom. The lowest BCUT2D eigenvalue weighted by Gasteiger charge is -2.21. The van der Waals surface area contributed by atoms with E-state index < -0.39 is 5.91 Å². The van der Waals surface area contributed by atoms with Gasteiger partial charge in [0.25, 0.3) is 0 Å². The Morgan fingerprint density at radius 3 is 2.92 bits per heavy atom. The van der Waals surface area contributed by atoms with E-state index in [1.165, 1.54) is 0 Å². The van der Waals surface area contributed by atoms with Crippen molar-refractivity contribution in [2.24, 2.45) is 5.73 Å². The summed E-state index contributed by atoms with van der Waals surface area (Å²) in [6, 6.07) is 1.76. The molecular formula is C8H9N3O. The summed E-state index contributed by atoms with van der Waals surface area (Å²) in [6.07, 6.45) is 4.77. The summed E-state index contributed by atoms with van der Waals surface area (Å²) in [5, 5.41) is 8.60. The Kier molecular flexibility index (Phi) is 2.15. The van der Waals surface area contributed by atoms with Gasteiger partial charge in [-0.25, -0.2) is 0 Å². The van der Waals surface area contributed by atoms with Crippen molar-refractivity contribution >= 4 is 5.91 Å². The Labute approximate surface area is 70.6 Å². The van der Waals surface area contributed by atoms with Crippen LogP contribution in [0.3, 0.4) is 0 Å². The predicted molar refractivity (Wildman–Crippen MR) is 43.6 cm³/mol. The molecule has 1 atom stereocenters. The first-order valence-corrected chi connectivity index (χ1v) is 3.46. The molecule has 4 nitrogen and oxygen atoms in total. The minimum absolute atomic E-state index is 0.298. The largest absolute Gasteiger partial charge is 0.366 e. The third-order valence-electron chi connectivity index (χ3n) is 1.66. The molecule has 0 aromatic rings. The summed E-state index contributed by atoms with van der Waals surface area (Å²) in [5.74, 6) is -0.477. The van der Waals surface area contributed by atoms with Crippen molar-refractivity contribution in [2.75, 3.05) is 7.05 Å². The maximum absolute atomic E-state index is 10.7. The lowest BCUT2D eigenvalue weighted by atomic mass is 10.1. The van der Waals surface area contributed by atoms with Gasteiger partial charge in [-0.3, -0.25) is 4.79 Å². The Morgan fingerprint density at radius 2 is 2.50 bits per heavy atom. The molecule has 0 aliphatic carbocycles. The van der Waals surface area contributed by atoms with Crippen LogP contribution in [-0.2, 0) is 4.79 Å². The van der Waals surface area contributed by atoms with Gasteiger partial charge in [0.15, 0.2) is 0 Å². The van der Waals surface area contributed by atoms with Crippen molar-refractivity contribution in [1.82, 2.24) is 4.90 Å². The topological polar surface area (TPSA) is 70.1 Å². The summed E-state index contributed by atoms with van der Waals surface area (Å²) in [6.45, 7) is 0. The standard InChI is InChI=1S/C8H9N3O/c1-11-5-6(8(10)12)2-3-7(11)4-9/h2-3,5,7H,1H3,(H2,10,12)/t7-/m1/s1. The molecule has 0 radical (unpaired) electrons. The minimum Gasteiger partial charge on any atom is -0.366 e. The van der Waals surface area contributed by atoms with Crippen LogP contribution in [0, 0.1) is 11.3 Å². The number of amides is 1. The van der Waals surface area contributed by atoms with Crippen molar-refractivity contribution in [3.05, 3.63) is 23.9 Å². The quantitative estimate of drug-likeness (QED) is 0.579. The van der Waals surface area contributed by atoms with Crippen LogP contribution < -0.4 is 5.73 Å². The van der Waals surface area contributed by atoms with Gasteiger partial charge in [-0.2, -0.15) is 5.26 Å². The number of rotatable bonds is 1. The van der Waals surface area contributed by atoms with Crippen molar-refractivity contribution in [3.63, 3.8) is 0 Å². The SMILES string of the molecule is CN1C=C(C(N)=O)C=C[C@@H]1C#N. The number of nitriles is 1. The van der Waals surface area contributed by atoms with Gasteiger partial charge in [0.1, 0.15) is 6.04 Å². The summed E-state index contributed by atoms with van der Waals surface area (Å²) in [7, 11) is 1.72. The zero-order valence-corrected chi connectivity index (χ0v) is 6.69. The molecule has 0 bridgehead atoms. The number of hydrogen-bond acceptors (Lipinski definition) is 3. The van der Waals surface area contributed by atoms with E-state index in [1.807, 2.05) is 0 Å². The van der Waals surface area contributed by atoms with E-state index in [0.29, 0.717) is 5.57 Å². The predicted octanol–water partition coefficient (Wildman–Crippen LogP) is -0.251. The van der Waals surface area contributed by atoms with Gasteiger partial charge in [0.05, 0.1) is 11.6 Å². The first-order chi connectivity index (χ1) is 5.65. The van der Waals surface area contributed by atoms with Gasteiger partial charge >= 0.3 is 0 Å². The number of likely N-dealkylation sites (N-methyl/N-ethyl adjacent to an activating group) is 1. The molecule has 1 aliphatic heterocycles. The fourth-order valence-corrected chi connectivity index (χ4v) is 0.953. The third kappa shape index (κ3) is 1.45. The zero-order valence-electron chi connectivity index (χ0n) is 6.69. The van der Waals surface area contributed by atoms with E-state index in [9.17, 15) is 4.79 Å². The van der Waals surface area contributed by atoms with E-state index in [-0.39, 0.29) is 6.04 Å². The van der Waals surface area contributed by atoms with E-state index in [0.717, 1.165) is 0 Å². The summed E-state index contributed by atoms with van der Waals surface area (Å²) >= 11 is 0. The van der Waals surface area contributed by atoms with E-state index in [1.54, 1.807) is 30.3 Å². The number of carbonyl (C=O) groups is 1. The van der Waals surface area contributed by atoms with Crippen LogP contribution in [0.5, 0.6) is 0 Å². The molecule has 1 heterocycles. The number of hydrogen-bond donors (Lipinski definition) is 1. The molecule has 4 heteroatoms. The van der Waals surface area contributed by atoms with E-state index >= 15 is 0 Å². The minimum atomic E-state index is -0.477. The molecule has 0 saturated carbocycles. The lowest BCUT2D eigenvalue weighted by molar-refractivity contribution is -0.114. The molecule has 1 aliphatic rings. The average Bonchev–Trinajstić information content (AvgIpc) is 2.04. The van der Waals surface area contributed by atoms with Crippen molar-refractivity contribution < 1.29 is 4.79 Å². The lowest BCUT2D eigenvalue weighted by Crippen LogP contribution is -2.28. The smallest absolute Gasteiger partial charge is 0.250 e. The monoisotopic (exact) mass is 163 g/mol. The molecule has 0 aromatic heterocycles. The Hall–Kier alpha value is -1.76. The van der Waals surface area contributed by atoms with Crippen LogP contribution in [-0.4, -0.2) is 23.9 Å². The Bertz CT molecular complexity index is 298. The van der Waals surface area contributed by atoms with Crippen LogP contribution in [0.25, 0.3) is 0 Å². The second-order valence-corrected chi connectivity index (χ2v) is 2.55. The second-order valence-electron chi connectivity index (χ2n) is 2.55. The van der Waals surface area contributed by atoms with E-state index in [4.69, 9.17) is 11.0 Å².